The van der Waals surface area contributed by atoms with E-state index in [1.54, 1.807) is 11.3 Å². The molecule has 3 rings (SSSR count). The van der Waals surface area contributed by atoms with Gasteiger partial charge < -0.3 is 15.3 Å². The first-order chi connectivity index (χ1) is 9.72. The van der Waals surface area contributed by atoms with Gasteiger partial charge in [-0.1, -0.05) is 6.07 Å². The third kappa shape index (κ3) is 2.81. The maximum Gasteiger partial charge on any atom is 0.323 e. The zero-order valence-electron chi connectivity index (χ0n) is 11.1. The fraction of sp³-hybridized carbons (Fsp3) is 0.286. The quantitative estimate of drug-likeness (QED) is 0.674. The van der Waals surface area contributed by atoms with Gasteiger partial charge in [0.05, 0.1) is 16.0 Å². The van der Waals surface area contributed by atoms with Crippen molar-refractivity contribution >= 4 is 22.4 Å². The summed E-state index contributed by atoms with van der Waals surface area (Å²) >= 11 is 1.68. The Morgan fingerprint density at radius 1 is 1.35 bits per heavy atom. The third-order valence-electron chi connectivity index (χ3n) is 3.31. The average Bonchev–Trinajstić information content (AvgIpc) is 3.05. The second-order valence-electron chi connectivity index (χ2n) is 4.74. The number of rotatable bonds is 5. The molecule has 0 spiro atoms. The lowest BCUT2D eigenvalue weighted by Gasteiger charge is -2.13. The van der Waals surface area contributed by atoms with Gasteiger partial charge in [-0.3, -0.25) is 0 Å². The highest BCUT2D eigenvalue weighted by Gasteiger charge is 2.07. The molecule has 1 aromatic carbocycles. The number of aromatic amines is 2. The lowest BCUT2D eigenvalue weighted by molar-refractivity contribution is 0.576. The molecule has 2 heterocycles. The van der Waals surface area contributed by atoms with Crippen molar-refractivity contribution < 1.29 is 0 Å². The van der Waals surface area contributed by atoms with Crippen molar-refractivity contribution in [1.82, 2.24) is 20.3 Å². The molecule has 0 amide bonds. The third-order valence-corrected chi connectivity index (χ3v) is 4.15. The van der Waals surface area contributed by atoms with Crippen molar-refractivity contribution in [3.05, 3.63) is 50.8 Å². The van der Waals surface area contributed by atoms with Gasteiger partial charge in [0.1, 0.15) is 0 Å². The van der Waals surface area contributed by atoms with Gasteiger partial charge in [-0.25, -0.2) is 9.78 Å². The molecule has 20 heavy (non-hydrogen) atoms. The molecule has 0 aliphatic carbocycles. The van der Waals surface area contributed by atoms with Crippen molar-refractivity contribution in [1.29, 1.82) is 0 Å². The molecule has 0 bridgehead atoms. The van der Waals surface area contributed by atoms with Crippen molar-refractivity contribution in [3.63, 3.8) is 0 Å². The van der Waals surface area contributed by atoms with Gasteiger partial charge in [0.2, 0.25) is 0 Å². The summed E-state index contributed by atoms with van der Waals surface area (Å²) < 4.78 is 0. The van der Waals surface area contributed by atoms with Crippen LogP contribution in [0.15, 0.2) is 34.6 Å². The molecule has 0 aliphatic heterocycles. The fourth-order valence-corrected chi connectivity index (χ4v) is 2.83. The Morgan fingerprint density at radius 2 is 2.20 bits per heavy atom. The molecule has 6 heteroatoms. The van der Waals surface area contributed by atoms with Crippen molar-refractivity contribution in [2.75, 3.05) is 6.54 Å². The van der Waals surface area contributed by atoms with Crippen LogP contribution in [0.25, 0.3) is 11.0 Å². The van der Waals surface area contributed by atoms with Gasteiger partial charge in [-0.15, -0.1) is 11.3 Å². The summed E-state index contributed by atoms with van der Waals surface area (Å²) in [5.41, 5.74) is 2.68. The summed E-state index contributed by atoms with van der Waals surface area (Å²) in [6.45, 7) is 3.00. The van der Waals surface area contributed by atoms with Gasteiger partial charge >= 0.3 is 5.69 Å². The Bertz CT molecular complexity index is 744. The van der Waals surface area contributed by atoms with Crippen LogP contribution in [-0.2, 0) is 6.42 Å². The molecule has 0 radical (unpaired) electrons. The molecule has 0 fully saturated rings. The Hall–Kier alpha value is -1.92. The van der Waals surface area contributed by atoms with Gasteiger partial charge in [-0.05, 0) is 24.6 Å². The van der Waals surface area contributed by atoms with E-state index in [-0.39, 0.29) is 11.7 Å². The van der Waals surface area contributed by atoms with E-state index in [0.717, 1.165) is 34.6 Å². The molecule has 3 N–H and O–H groups in total. The number of H-pyrrole nitrogens is 2. The molecular weight excluding hydrogens is 272 g/mol. The van der Waals surface area contributed by atoms with Gasteiger partial charge in [0, 0.05) is 30.6 Å². The first-order valence-corrected chi connectivity index (χ1v) is 7.44. The number of nitrogens with one attached hydrogen (secondary N) is 3. The lowest BCUT2D eigenvalue weighted by Crippen LogP contribution is -2.21. The molecule has 5 nitrogen and oxygen atoms in total. The number of hydrogen-bond acceptors (Lipinski definition) is 4. The molecule has 2 aromatic heterocycles. The topological polar surface area (TPSA) is 73.6 Å². The number of hydrogen-bond donors (Lipinski definition) is 3. The van der Waals surface area contributed by atoms with Crippen molar-refractivity contribution in [3.8, 4) is 0 Å². The van der Waals surface area contributed by atoms with Crippen LogP contribution in [0.2, 0.25) is 0 Å². The highest BCUT2D eigenvalue weighted by molar-refractivity contribution is 7.09. The Labute approximate surface area is 120 Å². The van der Waals surface area contributed by atoms with Gasteiger partial charge in [0.25, 0.3) is 0 Å². The lowest BCUT2D eigenvalue weighted by atomic mass is 10.1. The van der Waals surface area contributed by atoms with Crippen molar-refractivity contribution in [2.24, 2.45) is 0 Å². The number of fused-ring (bicyclic) bond motifs is 1. The van der Waals surface area contributed by atoms with Gasteiger partial charge in [-0.2, -0.15) is 0 Å². The van der Waals surface area contributed by atoms with E-state index in [1.165, 1.54) is 0 Å². The van der Waals surface area contributed by atoms with E-state index in [2.05, 4.69) is 27.2 Å². The first kappa shape index (κ1) is 13.1. The largest absolute Gasteiger partial charge is 0.323 e. The smallest absolute Gasteiger partial charge is 0.310 e. The maximum absolute atomic E-state index is 11.2. The van der Waals surface area contributed by atoms with E-state index in [0.29, 0.717) is 0 Å². The zero-order valence-corrected chi connectivity index (χ0v) is 12.0. The summed E-state index contributed by atoms with van der Waals surface area (Å²) in [4.78, 5) is 21.0. The average molecular weight is 288 g/mol. The zero-order chi connectivity index (χ0) is 13.9. The van der Waals surface area contributed by atoms with Crippen LogP contribution in [-0.4, -0.2) is 21.5 Å². The van der Waals surface area contributed by atoms with Gasteiger partial charge in [0.15, 0.2) is 0 Å². The molecule has 0 aliphatic rings. The van der Waals surface area contributed by atoms with Crippen LogP contribution in [0.4, 0.5) is 0 Å². The predicted molar refractivity (Wildman–Crippen MR) is 81.2 cm³/mol. The molecule has 0 saturated carbocycles. The van der Waals surface area contributed by atoms with Crippen LogP contribution in [0.3, 0.4) is 0 Å². The minimum absolute atomic E-state index is 0.165. The summed E-state index contributed by atoms with van der Waals surface area (Å²) in [5, 5.41) is 6.62. The SMILES string of the molecule is CC(NCCc1nccs1)c1ccc2[nH]c(=O)[nH]c2c1. The number of nitrogens with zero attached hydrogens (tertiary/aromatic N) is 1. The van der Waals surface area contributed by atoms with Crippen LogP contribution in [0.5, 0.6) is 0 Å². The first-order valence-electron chi connectivity index (χ1n) is 6.56. The Morgan fingerprint density at radius 3 is 3.00 bits per heavy atom. The standard InChI is InChI=1S/C14H16N4OS/c1-9(15-5-4-13-16-6-7-20-13)10-2-3-11-12(8-10)18-14(19)17-11/h2-3,6-9,15H,4-5H2,1H3,(H2,17,18,19). The summed E-state index contributed by atoms with van der Waals surface area (Å²) in [7, 11) is 0. The second-order valence-corrected chi connectivity index (χ2v) is 5.71. The molecule has 0 saturated heterocycles. The van der Waals surface area contributed by atoms with E-state index in [4.69, 9.17) is 0 Å². The minimum atomic E-state index is -0.165. The van der Waals surface area contributed by atoms with Crippen LogP contribution < -0.4 is 11.0 Å². The van der Waals surface area contributed by atoms with Crippen LogP contribution in [0, 0.1) is 0 Å². The maximum atomic E-state index is 11.2. The summed E-state index contributed by atoms with van der Waals surface area (Å²) in [6.07, 6.45) is 2.77. The van der Waals surface area contributed by atoms with E-state index >= 15 is 0 Å². The predicted octanol–water partition coefficient (Wildman–Crippen LogP) is 2.21. The van der Waals surface area contributed by atoms with E-state index in [9.17, 15) is 4.79 Å². The monoisotopic (exact) mass is 288 g/mol. The number of thiazole rings is 1. The molecule has 3 aromatic rings. The molecule has 1 atom stereocenters. The fourth-order valence-electron chi connectivity index (χ4n) is 2.21. The summed E-state index contributed by atoms with van der Waals surface area (Å²) in [5.74, 6) is 0. The summed E-state index contributed by atoms with van der Waals surface area (Å²) in [6, 6.07) is 6.21. The number of aromatic nitrogens is 3. The molecule has 104 valence electrons. The van der Waals surface area contributed by atoms with Crippen LogP contribution in [0.1, 0.15) is 23.5 Å². The second kappa shape index (κ2) is 5.60. The Kier molecular flexibility index (Phi) is 3.66. The van der Waals surface area contributed by atoms with E-state index in [1.807, 2.05) is 29.8 Å². The Balaban J connectivity index is 1.65. The van der Waals surface area contributed by atoms with Crippen molar-refractivity contribution in [2.45, 2.75) is 19.4 Å². The van der Waals surface area contributed by atoms with E-state index < -0.39 is 0 Å². The molecule has 1 unspecified atom stereocenters. The van der Waals surface area contributed by atoms with Crippen LogP contribution >= 0.6 is 11.3 Å². The highest BCUT2D eigenvalue weighted by Crippen LogP contribution is 2.17. The highest BCUT2D eigenvalue weighted by atomic mass is 32.1. The number of imidazole rings is 1. The number of benzene rings is 1. The minimum Gasteiger partial charge on any atom is -0.310 e. The molecular formula is C14H16N4OS. The normalized spacial score (nSPS) is 12.8.